The molecular formula is C19H17Cl3N2O5S. The van der Waals surface area contributed by atoms with E-state index in [0.717, 1.165) is 30.5 Å². The summed E-state index contributed by atoms with van der Waals surface area (Å²) >= 11 is 17.8. The summed E-state index contributed by atoms with van der Waals surface area (Å²) in [5, 5.41) is 2.96. The van der Waals surface area contributed by atoms with Crippen LogP contribution in [-0.2, 0) is 26.1 Å². The Morgan fingerprint density at radius 1 is 1.03 bits per heavy atom. The Morgan fingerprint density at radius 3 is 2.33 bits per heavy atom. The van der Waals surface area contributed by atoms with Gasteiger partial charge in [0.2, 0.25) is 10.0 Å². The van der Waals surface area contributed by atoms with E-state index in [2.05, 4.69) is 10.0 Å². The van der Waals surface area contributed by atoms with Crippen LogP contribution in [-0.4, -0.2) is 32.9 Å². The lowest BCUT2D eigenvalue weighted by Crippen LogP contribution is -2.28. The average molecular weight is 492 g/mol. The average Bonchev–Trinajstić information content (AvgIpc) is 3.48. The van der Waals surface area contributed by atoms with E-state index in [1.807, 2.05) is 0 Å². The van der Waals surface area contributed by atoms with Gasteiger partial charge in [0.05, 0.1) is 15.6 Å². The predicted molar refractivity (Wildman–Crippen MR) is 113 cm³/mol. The van der Waals surface area contributed by atoms with Crippen molar-refractivity contribution in [1.29, 1.82) is 0 Å². The second-order valence-corrected chi connectivity index (χ2v) is 9.57. The van der Waals surface area contributed by atoms with Crippen LogP contribution in [0.1, 0.15) is 28.8 Å². The maximum absolute atomic E-state index is 12.4. The summed E-state index contributed by atoms with van der Waals surface area (Å²) in [5.74, 6) is -1.48. The topological polar surface area (TPSA) is 102 Å². The Kier molecular flexibility index (Phi) is 7.26. The van der Waals surface area contributed by atoms with Crippen molar-refractivity contribution in [1.82, 2.24) is 10.0 Å². The largest absolute Gasteiger partial charge is 0.452 e. The van der Waals surface area contributed by atoms with Crippen LogP contribution in [0.4, 0.5) is 0 Å². The van der Waals surface area contributed by atoms with Crippen molar-refractivity contribution in [2.45, 2.75) is 30.3 Å². The third kappa shape index (κ3) is 6.09. The highest BCUT2D eigenvalue weighted by Gasteiger charge is 2.30. The molecule has 0 unspecified atom stereocenters. The molecule has 1 fully saturated rings. The summed E-state index contributed by atoms with van der Waals surface area (Å²) < 4.78 is 32.3. The lowest BCUT2D eigenvalue weighted by atomic mass is 10.2. The van der Waals surface area contributed by atoms with Gasteiger partial charge in [0, 0.05) is 17.6 Å². The molecule has 2 aromatic rings. The second kappa shape index (κ2) is 9.53. The zero-order chi connectivity index (χ0) is 21.9. The van der Waals surface area contributed by atoms with Crippen molar-refractivity contribution >= 4 is 56.7 Å². The van der Waals surface area contributed by atoms with Gasteiger partial charge in [-0.25, -0.2) is 17.9 Å². The lowest BCUT2D eigenvalue weighted by Gasteiger charge is -2.11. The molecule has 0 radical (unpaired) electrons. The number of ether oxygens (including phenoxy) is 1. The molecule has 3 rings (SSSR count). The number of esters is 1. The Hall–Kier alpha value is -1.84. The number of nitrogens with one attached hydrogen (secondary N) is 2. The molecule has 2 N–H and O–H groups in total. The van der Waals surface area contributed by atoms with Crippen LogP contribution in [0.15, 0.2) is 41.3 Å². The van der Waals surface area contributed by atoms with E-state index >= 15 is 0 Å². The van der Waals surface area contributed by atoms with Crippen molar-refractivity contribution in [2.24, 2.45) is 0 Å². The molecule has 0 aromatic heterocycles. The van der Waals surface area contributed by atoms with E-state index in [9.17, 15) is 18.0 Å². The molecule has 0 aliphatic heterocycles. The first kappa shape index (κ1) is 22.8. The molecule has 160 valence electrons. The Balaban J connectivity index is 1.62. The summed E-state index contributed by atoms with van der Waals surface area (Å²) in [6.07, 6.45) is 1.48. The summed E-state index contributed by atoms with van der Waals surface area (Å²) in [6, 6.07) is 8.94. The van der Waals surface area contributed by atoms with Crippen LogP contribution in [0.25, 0.3) is 0 Å². The number of amides is 1. The minimum Gasteiger partial charge on any atom is -0.452 e. The van der Waals surface area contributed by atoms with Gasteiger partial charge >= 0.3 is 5.97 Å². The van der Waals surface area contributed by atoms with Gasteiger partial charge in [-0.3, -0.25) is 4.79 Å². The van der Waals surface area contributed by atoms with E-state index in [-0.39, 0.29) is 33.1 Å². The van der Waals surface area contributed by atoms with Crippen molar-refractivity contribution < 1.29 is 22.7 Å². The number of carbonyl (C=O) groups is 2. The SMILES string of the molecule is O=C(COC(=O)c1cc(S(=O)(=O)NC2CC2)c(Cl)cc1Cl)NCc1ccc(Cl)cc1. The Labute approximate surface area is 188 Å². The van der Waals surface area contributed by atoms with E-state index < -0.39 is 28.5 Å². The molecule has 0 heterocycles. The number of halogens is 3. The molecule has 11 heteroatoms. The van der Waals surface area contributed by atoms with Gasteiger partial charge in [-0.15, -0.1) is 0 Å². The van der Waals surface area contributed by atoms with Gasteiger partial charge in [0.1, 0.15) is 4.90 Å². The third-order valence-corrected chi connectivity index (χ3v) is 6.72. The minimum atomic E-state index is -3.91. The van der Waals surface area contributed by atoms with Crippen LogP contribution in [0, 0.1) is 0 Å². The Bertz CT molecular complexity index is 1070. The zero-order valence-electron chi connectivity index (χ0n) is 15.5. The van der Waals surface area contributed by atoms with Gasteiger partial charge < -0.3 is 10.1 Å². The summed E-state index contributed by atoms with van der Waals surface area (Å²) in [4.78, 5) is 24.0. The maximum atomic E-state index is 12.4. The molecule has 30 heavy (non-hydrogen) atoms. The fourth-order valence-corrected chi connectivity index (χ4v) is 4.72. The summed E-state index contributed by atoms with van der Waals surface area (Å²) in [7, 11) is -3.91. The van der Waals surface area contributed by atoms with Crippen LogP contribution in [0.3, 0.4) is 0 Å². The first-order valence-corrected chi connectivity index (χ1v) is 11.5. The van der Waals surface area contributed by atoms with E-state index in [4.69, 9.17) is 39.5 Å². The fourth-order valence-electron chi connectivity index (χ4n) is 2.44. The van der Waals surface area contributed by atoms with Gasteiger partial charge in [0.25, 0.3) is 5.91 Å². The molecule has 0 bridgehead atoms. The van der Waals surface area contributed by atoms with Crippen LogP contribution >= 0.6 is 34.8 Å². The monoisotopic (exact) mass is 490 g/mol. The number of rotatable bonds is 8. The van der Waals surface area contributed by atoms with Gasteiger partial charge in [0.15, 0.2) is 6.61 Å². The Morgan fingerprint density at radius 2 is 1.70 bits per heavy atom. The summed E-state index contributed by atoms with van der Waals surface area (Å²) in [6.45, 7) is -0.335. The van der Waals surface area contributed by atoms with E-state index in [0.29, 0.717) is 5.02 Å². The van der Waals surface area contributed by atoms with Gasteiger partial charge in [-0.2, -0.15) is 0 Å². The van der Waals surface area contributed by atoms with Crippen molar-refractivity contribution in [2.75, 3.05) is 6.61 Å². The highest BCUT2D eigenvalue weighted by atomic mass is 35.5. The third-order valence-electron chi connectivity index (χ3n) is 4.17. The molecule has 0 saturated heterocycles. The fraction of sp³-hybridized carbons (Fsp3) is 0.263. The molecule has 1 aliphatic rings. The predicted octanol–water partition coefficient (Wildman–Crippen LogP) is 3.56. The highest BCUT2D eigenvalue weighted by molar-refractivity contribution is 7.89. The van der Waals surface area contributed by atoms with Crippen LogP contribution < -0.4 is 10.0 Å². The number of carbonyl (C=O) groups excluding carboxylic acids is 2. The van der Waals surface area contributed by atoms with Crippen molar-refractivity contribution in [3.8, 4) is 0 Å². The first-order valence-electron chi connectivity index (χ1n) is 8.85. The van der Waals surface area contributed by atoms with Gasteiger partial charge in [-0.05, 0) is 42.7 Å². The molecule has 7 nitrogen and oxygen atoms in total. The molecule has 2 aromatic carbocycles. The van der Waals surface area contributed by atoms with Crippen molar-refractivity contribution in [3.63, 3.8) is 0 Å². The van der Waals surface area contributed by atoms with E-state index in [1.165, 1.54) is 0 Å². The zero-order valence-corrected chi connectivity index (χ0v) is 18.5. The quantitative estimate of drug-likeness (QED) is 0.550. The van der Waals surface area contributed by atoms with Crippen molar-refractivity contribution in [3.05, 3.63) is 62.6 Å². The normalized spacial score (nSPS) is 13.7. The van der Waals surface area contributed by atoms with E-state index in [1.54, 1.807) is 24.3 Å². The lowest BCUT2D eigenvalue weighted by molar-refractivity contribution is -0.124. The second-order valence-electron chi connectivity index (χ2n) is 6.64. The molecule has 0 spiro atoms. The maximum Gasteiger partial charge on any atom is 0.340 e. The molecule has 1 aliphatic carbocycles. The number of sulfonamides is 1. The standard InChI is InChI=1S/C19H17Cl3N2O5S/c20-12-3-1-11(2-4-12)9-23-18(25)10-29-19(26)14-7-17(16(22)8-15(14)21)30(27,28)24-13-5-6-13/h1-4,7-8,13,24H,5-6,9-10H2,(H,23,25). The summed E-state index contributed by atoms with van der Waals surface area (Å²) in [5.41, 5.74) is 0.612. The number of benzene rings is 2. The smallest absolute Gasteiger partial charge is 0.340 e. The minimum absolute atomic E-state index is 0.0862. The van der Waals surface area contributed by atoms with Crippen LogP contribution in [0.2, 0.25) is 15.1 Å². The molecule has 1 amide bonds. The number of hydrogen-bond donors (Lipinski definition) is 2. The first-order chi connectivity index (χ1) is 14.2. The molecular weight excluding hydrogens is 475 g/mol. The molecule has 0 atom stereocenters. The van der Waals surface area contributed by atoms with Gasteiger partial charge in [-0.1, -0.05) is 46.9 Å². The van der Waals surface area contributed by atoms with Crippen LogP contribution in [0.5, 0.6) is 0 Å². The number of hydrogen-bond acceptors (Lipinski definition) is 5. The highest BCUT2D eigenvalue weighted by Crippen LogP contribution is 2.31. The molecule has 1 saturated carbocycles.